The third-order valence-corrected chi connectivity index (χ3v) is 8.85. The van der Waals surface area contributed by atoms with Gasteiger partial charge in [-0.05, 0) is 60.1 Å². The van der Waals surface area contributed by atoms with Gasteiger partial charge < -0.3 is 0 Å². The summed E-state index contributed by atoms with van der Waals surface area (Å²) >= 11 is 0. The molecule has 0 saturated heterocycles. The molecule has 1 rings (SSSR count). The van der Waals surface area contributed by atoms with Crippen LogP contribution in [0.1, 0.15) is 89.2 Å². The minimum Gasteiger partial charge on any atom is -0.195 e. The van der Waals surface area contributed by atoms with Crippen LogP contribution >= 0.6 is 0 Å². The second-order valence-corrected chi connectivity index (χ2v) is 13.4. The second-order valence-electron chi connectivity index (χ2n) is 13.4. The Morgan fingerprint density at radius 2 is 0.567 bits per heavy atom. The summed E-state index contributed by atoms with van der Waals surface area (Å²) in [6.07, 6.45) is -19.3. The van der Waals surface area contributed by atoms with E-state index >= 15 is 0 Å². The highest BCUT2D eigenvalue weighted by molar-refractivity contribution is 5.72. The Balaban J connectivity index is 4.02. The van der Waals surface area contributed by atoms with E-state index in [1.165, 1.54) is 0 Å². The number of hydrogen-bond donors (Lipinski definition) is 0. The lowest BCUT2D eigenvalue weighted by molar-refractivity contribution is -0.436. The van der Waals surface area contributed by atoms with Gasteiger partial charge in [-0.2, -0.15) is 114 Å². The van der Waals surface area contributed by atoms with Crippen molar-refractivity contribution >= 4 is 11.1 Å². The average Bonchev–Trinajstić information content (AvgIpc) is 3.09. The number of unbranched alkanes of at least 4 members (excludes halogenated alkanes) is 6. The predicted octanol–water partition coefficient (Wildman–Crippen LogP) is 15.9. The number of hydrogen-bond acceptors (Lipinski definition) is 0. The quantitative estimate of drug-likeness (QED) is 0.0803. The normalized spacial score (nSPS) is 15.9. The van der Waals surface area contributed by atoms with Crippen LogP contribution in [0.5, 0.6) is 0 Å². The number of rotatable bonds is 22. The molecule has 60 heavy (non-hydrogen) atoms. The average molecular weight is 935 g/mol. The molecule has 350 valence electrons. The molecule has 0 nitrogen and oxygen atoms in total. The van der Waals surface area contributed by atoms with Gasteiger partial charge in [-0.1, -0.05) is 76.6 Å². The second kappa shape index (κ2) is 17.9. The zero-order chi connectivity index (χ0) is 47.6. The molecule has 0 amide bonds. The van der Waals surface area contributed by atoms with Crippen molar-refractivity contribution in [2.75, 3.05) is 0 Å². The molecular formula is C34H32F26. The summed E-state index contributed by atoms with van der Waals surface area (Å²) < 4.78 is 358. The maximum absolute atomic E-state index is 14.9. The van der Waals surface area contributed by atoms with Gasteiger partial charge in [-0.25, -0.2) is 0 Å². The summed E-state index contributed by atoms with van der Waals surface area (Å²) in [6, 6.07) is 1.51. The highest BCUT2D eigenvalue weighted by atomic mass is 19.4. The minimum absolute atomic E-state index is 0.00749. The van der Waals surface area contributed by atoms with Gasteiger partial charge in [0.25, 0.3) is 0 Å². The highest BCUT2D eigenvalue weighted by Crippen LogP contribution is 2.62. The zero-order valence-electron chi connectivity index (χ0n) is 30.4. The van der Waals surface area contributed by atoms with Crippen molar-refractivity contribution in [2.45, 2.75) is 150 Å². The first kappa shape index (κ1) is 54.9. The van der Waals surface area contributed by atoms with E-state index in [1.807, 2.05) is 0 Å². The molecule has 0 bridgehead atoms. The van der Waals surface area contributed by atoms with Gasteiger partial charge >= 0.3 is 71.6 Å². The Kier molecular flexibility index (Phi) is 16.4. The number of allylic oxidation sites excluding steroid dienone is 4. The van der Waals surface area contributed by atoms with Crippen LogP contribution in [-0.4, -0.2) is 71.6 Å². The lowest BCUT2D eigenvalue weighted by Crippen LogP contribution is -2.69. The lowest BCUT2D eigenvalue weighted by Gasteiger charge is -2.39. The van der Waals surface area contributed by atoms with Crippen LogP contribution in [0.3, 0.4) is 0 Å². The third kappa shape index (κ3) is 9.90. The van der Waals surface area contributed by atoms with Crippen LogP contribution in [-0.2, 0) is 0 Å². The molecule has 0 saturated carbocycles. The van der Waals surface area contributed by atoms with E-state index in [1.54, 1.807) is 13.8 Å². The van der Waals surface area contributed by atoms with Crippen LogP contribution in [0.2, 0.25) is 0 Å². The smallest absolute Gasteiger partial charge is 0.195 e. The van der Waals surface area contributed by atoms with Crippen LogP contribution in [0, 0.1) is 0 Å². The van der Waals surface area contributed by atoms with Crippen LogP contribution < -0.4 is 0 Å². The van der Waals surface area contributed by atoms with Crippen LogP contribution in [0.25, 0.3) is 11.1 Å². The first-order valence-electron chi connectivity index (χ1n) is 17.0. The first-order valence-corrected chi connectivity index (χ1v) is 17.0. The third-order valence-electron chi connectivity index (χ3n) is 8.85. The molecule has 0 atom stereocenters. The van der Waals surface area contributed by atoms with Crippen molar-refractivity contribution < 1.29 is 114 Å². The molecule has 0 aliphatic rings. The number of halogens is 26. The van der Waals surface area contributed by atoms with Crippen LogP contribution in [0.15, 0.2) is 36.4 Å². The molecule has 1 aromatic carbocycles. The SMILES string of the molecule is CCCCCC/C(=C\C(F)(F)C(F)(F)C(F)(F)C(F)(F)C(F)(F)C(F)(F)F)c1ccc(/C(=C/C(F)(F)C(F)(F)C(F)(F)C(F)(F)C(F)(F)C(F)(F)F)CCCCCC)cc1. The van der Waals surface area contributed by atoms with Crippen molar-refractivity contribution in [3.05, 3.63) is 47.5 Å². The van der Waals surface area contributed by atoms with Gasteiger partial charge in [0.1, 0.15) is 0 Å². The topological polar surface area (TPSA) is 0 Å². The van der Waals surface area contributed by atoms with Gasteiger partial charge in [0, 0.05) is 0 Å². The largest absolute Gasteiger partial charge is 0.460 e. The Morgan fingerprint density at radius 3 is 0.783 bits per heavy atom. The molecule has 0 N–H and O–H groups in total. The van der Waals surface area contributed by atoms with Crippen LogP contribution in [0.4, 0.5) is 114 Å². The van der Waals surface area contributed by atoms with E-state index in [0.717, 1.165) is 0 Å². The van der Waals surface area contributed by atoms with Crippen molar-refractivity contribution in [3.63, 3.8) is 0 Å². The molecule has 26 heteroatoms. The Labute approximate surface area is 323 Å². The van der Waals surface area contributed by atoms with Crippen molar-refractivity contribution in [1.82, 2.24) is 0 Å². The fourth-order valence-corrected chi connectivity index (χ4v) is 5.16. The molecule has 1 aromatic rings. The Hall–Kier alpha value is -3.12. The standard InChI is InChI=1S/C34H32F26/c1-3-5-7-9-11-21(17-23(35,36)25(39,40)27(43,44)29(47,48)31(51,52)33(55,56)57)19-13-15-20(16-14-19)22(12-10-8-6-4-2)18-24(37,38)26(41,42)28(45,46)30(49,50)32(53,54)34(58,59)60/h13-18H,3-12H2,1-2H3/b21-17+,22-18+. The van der Waals surface area contributed by atoms with Crippen molar-refractivity contribution in [3.8, 4) is 0 Å². The van der Waals surface area contributed by atoms with E-state index < -0.39 is 119 Å². The molecule has 0 unspecified atom stereocenters. The van der Waals surface area contributed by atoms with E-state index in [-0.39, 0.29) is 38.5 Å². The Bertz CT molecular complexity index is 1490. The number of benzene rings is 1. The zero-order valence-corrected chi connectivity index (χ0v) is 30.4. The van der Waals surface area contributed by atoms with Gasteiger partial charge in [0.15, 0.2) is 0 Å². The fraction of sp³-hybridized carbons (Fsp3) is 0.706. The molecule has 0 fully saturated rings. The molecule has 0 radical (unpaired) electrons. The lowest BCUT2D eigenvalue weighted by atomic mass is 9.89. The van der Waals surface area contributed by atoms with Gasteiger partial charge in [-0.3, -0.25) is 0 Å². The monoisotopic (exact) mass is 934 g/mol. The fourth-order valence-electron chi connectivity index (χ4n) is 5.16. The predicted molar refractivity (Wildman–Crippen MR) is 161 cm³/mol. The Morgan fingerprint density at radius 1 is 0.333 bits per heavy atom. The van der Waals surface area contributed by atoms with E-state index in [0.29, 0.717) is 37.1 Å². The molecule has 0 aliphatic heterocycles. The van der Waals surface area contributed by atoms with Gasteiger partial charge in [0.2, 0.25) is 0 Å². The van der Waals surface area contributed by atoms with E-state index in [9.17, 15) is 114 Å². The number of alkyl halides is 26. The van der Waals surface area contributed by atoms with E-state index in [4.69, 9.17) is 0 Å². The first-order chi connectivity index (χ1) is 26.6. The van der Waals surface area contributed by atoms with Gasteiger partial charge in [-0.15, -0.1) is 0 Å². The highest BCUT2D eigenvalue weighted by Gasteiger charge is 2.92. The summed E-state index contributed by atoms with van der Waals surface area (Å²) in [5.74, 6) is -77.9. The molecular weight excluding hydrogens is 902 g/mol. The summed E-state index contributed by atoms with van der Waals surface area (Å²) in [6.45, 7) is 3.11. The van der Waals surface area contributed by atoms with Crippen molar-refractivity contribution in [2.24, 2.45) is 0 Å². The maximum Gasteiger partial charge on any atom is 0.460 e. The molecule has 0 aromatic heterocycles. The van der Waals surface area contributed by atoms with E-state index in [2.05, 4.69) is 0 Å². The molecule has 0 heterocycles. The summed E-state index contributed by atoms with van der Waals surface area (Å²) in [4.78, 5) is 0. The molecule has 0 spiro atoms. The maximum atomic E-state index is 14.9. The summed E-state index contributed by atoms with van der Waals surface area (Å²) in [7, 11) is 0. The minimum atomic E-state index is -8.24. The summed E-state index contributed by atoms with van der Waals surface area (Å²) in [5.41, 5.74) is -4.43. The van der Waals surface area contributed by atoms with Gasteiger partial charge in [0.05, 0.1) is 0 Å². The molecule has 0 aliphatic carbocycles. The summed E-state index contributed by atoms with van der Waals surface area (Å²) in [5, 5.41) is 0. The van der Waals surface area contributed by atoms with Crippen molar-refractivity contribution in [1.29, 1.82) is 0 Å².